The fraction of sp³-hybridized carbons (Fsp3) is 0.529. The van der Waals surface area contributed by atoms with Gasteiger partial charge in [0, 0.05) is 17.9 Å². The van der Waals surface area contributed by atoms with Crippen LogP contribution >= 0.6 is 0 Å². The lowest BCUT2D eigenvalue weighted by molar-refractivity contribution is -0.119. The number of carbonyl (C=O) groups is 2. The van der Waals surface area contributed by atoms with Crippen LogP contribution in [0.3, 0.4) is 0 Å². The Balaban J connectivity index is 1.72. The number of anilines is 2. The van der Waals surface area contributed by atoms with E-state index in [0.717, 1.165) is 0 Å². The predicted molar refractivity (Wildman–Crippen MR) is 97.6 cm³/mol. The summed E-state index contributed by atoms with van der Waals surface area (Å²) in [6.45, 7) is 2.97. The summed E-state index contributed by atoms with van der Waals surface area (Å²) in [6.07, 6.45) is 1.27. The van der Waals surface area contributed by atoms with Crippen molar-refractivity contribution in [1.29, 1.82) is 0 Å². The Bertz CT molecular complexity index is 795. The van der Waals surface area contributed by atoms with E-state index in [1.54, 1.807) is 31.2 Å². The first-order valence-corrected chi connectivity index (χ1v) is 10.4. The molecule has 0 bridgehead atoms. The maximum Gasteiger partial charge on any atom is 0.414 e. The van der Waals surface area contributed by atoms with Gasteiger partial charge in [-0.3, -0.25) is 9.69 Å². The van der Waals surface area contributed by atoms with Crippen LogP contribution in [0, 0.1) is 0 Å². The van der Waals surface area contributed by atoms with E-state index in [4.69, 9.17) is 4.74 Å². The molecule has 2 saturated heterocycles. The van der Waals surface area contributed by atoms with Crippen LogP contribution in [0.4, 0.5) is 16.2 Å². The standard InChI is InChI=1S/C17H23N3O5S/c1-2-11-26(23,24)20-8-4-7-15(20)16(21)18-13-5-3-6-14(12-13)19-9-10-25-17(19)22/h3,5-6,12,15H,2,4,7-11H2,1H3,(H,18,21). The van der Waals surface area contributed by atoms with Gasteiger partial charge in [-0.25, -0.2) is 13.2 Å². The van der Waals surface area contributed by atoms with Crippen molar-refractivity contribution in [2.75, 3.05) is 35.7 Å². The van der Waals surface area contributed by atoms with E-state index in [2.05, 4.69) is 5.32 Å². The van der Waals surface area contributed by atoms with E-state index in [9.17, 15) is 18.0 Å². The summed E-state index contributed by atoms with van der Waals surface area (Å²) < 4.78 is 30.9. The molecular formula is C17H23N3O5S. The van der Waals surface area contributed by atoms with Crippen molar-refractivity contribution in [3.8, 4) is 0 Å². The molecule has 1 N–H and O–H groups in total. The van der Waals surface area contributed by atoms with Crippen LogP contribution in [0.5, 0.6) is 0 Å². The van der Waals surface area contributed by atoms with E-state index < -0.39 is 22.2 Å². The number of benzene rings is 1. The quantitative estimate of drug-likeness (QED) is 0.810. The highest BCUT2D eigenvalue weighted by Gasteiger charge is 2.38. The monoisotopic (exact) mass is 381 g/mol. The third-order valence-corrected chi connectivity index (χ3v) is 6.59. The number of rotatable bonds is 6. The van der Waals surface area contributed by atoms with Crippen molar-refractivity contribution in [2.24, 2.45) is 0 Å². The molecule has 142 valence electrons. The van der Waals surface area contributed by atoms with Gasteiger partial charge in [-0.2, -0.15) is 4.31 Å². The number of cyclic esters (lactones) is 1. The average Bonchev–Trinajstić information content (AvgIpc) is 3.24. The molecule has 2 aliphatic heterocycles. The third kappa shape index (κ3) is 3.83. The minimum atomic E-state index is -3.42. The number of sulfonamides is 1. The summed E-state index contributed by atoms with van der Waals surface area (Å²) in [5, 5.41) is 2.78. The molecule has 1 atom stereocenters. The number of hydrogen-bond acceptors (Lipinski definition) is 5. The number of ether oxygens (including phenoxy) is 1. The van der Waals surface area contributed by atoms with Crippen molar-refractivity contribution in [3.63, 3.8) is 0 Å². The van der Waals surface area contributed by atoms with Crippen molar-refractivity contribution in [1.82, 2.24) is 4.31 Å². The molecule has 0 radical (unpaired) electrons. The predicted octanol–water partition coefficient (Wildman–Crippen LogP) is 1.79. The Labute approximate surface area is 153 Å². The Hall–Kier alpha value is -2.13. The third-order valence-electron chi connectivity index (χ3n) is 4.51. The van der Waals surface area contributed by atoms with Crippen LogP contribution in [0.15, 0.2) is 24.3 Å². The van der Waals surface area contributed by atoms with Crippen LogP contribution in [0.1, 0.15) is 26.2 Å². The summed E-state index contributed by atoms with van der Waals surface area (Å²) >= 11 is 0. The lowest BCUT2D eigenvalue weighted by Crippen LogP contribution is -2.44. The molecule has 2 aliphatic rings. The van der Waals surface area contributed by atoms with Gasteiger partial charge in [0.25, 0.3) is 0 Å². The summed E-state index contributed by atoms with van der Waals surface area (Å²) in [4.78, 5) is 25.8. The summed E-state index contributed by atoms with van der Waals surface area (Å²) in [7, 11) is -3.42. The maximum absolute atomic E-state index is 12.7. The van der Waals surface area contributed by atoms with Gasteiger partial charge < -0.3 is 10.1 Å². The Morgan fingerprint density at radius 2 is 2.15 bits per heavy atom. The largest absolute Gasteiger partial charge is 0.447 e. The molecule has 2 amide bonds. The first-order chi connectivity index (χ1) is 12.4. The molecule has 26 heavy (non-hydrogen) atoms. The highest BCUT2D eigenvalue weighted by Crippen LogP contribution is 2.25. The number of nitrogens with zero attached hydrogens (tertiary/aromatic N) is 2. The SMILES string of the molecule is CCCS(=O)(=O)N1CCCC1C(=O)Nc1cccc(N2CCOC2=O)c1. The van der Waals surface area contributed by atoms with Crippen LogP contribution in [0.25, 0.3) is 0 Å². The highest BCUT2D eigenvalue weighted by molar-refractivity contribution is 7.89. The lowest BCUT2D eigenvalue weighted by Gasteiger charge is -2.23. The molecular weight excluding hydrogens is 358 g/mol. The normalized spacial score (nSPS) is 21.0. The summed E-state index contributed by atoms with van der Waals surface area (Å²) in [6, 6.07) is 6.20. The van der Waals surface area contributed by atoms with Gasteiger partial charge in [-0.05, 0) is 37.5 Å². The molecule has 2 heterocycles. The number of amides is 2. The second kappa shape index (κ2) is 7.63. The average molecular weight is 381 g/mol. The molecule has 3 rings (SSSR count). The van der Waals surface area contributed by atoms with Gasteiger partial charge >= 0.3 is 6.09 Å². The van der Waals surface area contributed by atoms with E-state index in [0.29, 0.717) is 50.3 Å². The van der Waals surface area contributed by atoms with Gasteiger partial charge in [0.1, 0.15) is 12.6 Å². The van der Waals surface area contributed by atoms with Gasteiger partial charge in [0.05, 0.1) is 12.3 Å². The molecule has 0 spiro atoms. The highest BCUT2D eigenvalue weighted by atomic mass is 32.2. The number of hydrogen-bond donors (Lipinski definition) is 1. The molecule has 1 aromatic rings. The van der Waals surface area contributed by atoms with Gasteiger partial charge in [0.2, 0.25) is 15.9 Å². The maximum atomic E-state index is 12.7. The number of nitrogens with one attached hydrogen (secondary N) is 1. The van der Waals surface area contributed by atoms with Crippen molar-refractivity contribution in [3.05, 3.63) is 24.3 Å². The molecule has 9 heteroatoms. The van der Waals surface area contributed by atoms with E-state index in [1.165, 1.54) is 9.21 Å². The molecule has 0 aromatic heterocycles. The van der Waals surface area contributed by atoms with Crippen molar-refractivity contribution < 1.29 is 22.7 Å². The van der Waals surface area contributed by atoms with Crippen molar-refractivity contribution in [2.45, 2.75) is 32.2 Å². The number of carbonyl (C=O) groups excluding carboxylic acids is 2. The van der Waals surface area contributed by atoms with Gasteiger partial charge in [0.15, 0.2) is 0 Å². The van der Waals surface area contributed by atoms with E-state index in [1.807, 2.05) is 0 Å². The van der Waals surface area contributed by atoms with E-state index in [-0.39, 0.29) is 11.7 Å². The second-order valence-corrected chi connectivity index (χ2v) is 8.43. The lowest BCUT2D eigenvalue weighted by atomic mass is 10.2. The Morgan fingerprint density at radius 3 is 2.85 bits per heavy atom. The van der Waals surface area contributed by atoms with Gasteiger partial charge in [-0.1, -0.05) is 13.0 Å². The Morgan fingerprint density at radius 1 is 1.35 bits per heavy atom. The second-order valence-electron chi connectivity index (χ2n) is 6.39. The molecule has 1 aromatic carbocycles. The zero-order valence-electron chi connectivity index (χ0n) is 14.7. The van der Waals surface area contributed by atoms with Crippen LogP contribution in [-0.2, 0) is 19.6 Å². The zero-order valence-corrected chi connectivity index (χ0v) is 15.5. The molecule has 2 fully saturated rings. The molecule has 0 aliphatic carbocycles. The zero-order chi connectivity index (χ0) is 18.7. The van der Waals surface area contributed by atoms with Gasteiger partial charge in [-0.15, -0.1) is 0 Å². The van der Waals surface area contributed by atoms with E-state index >= 15 is 0 Å². The fourth-order valence-corrected chi connectivity index (χ4v) is 5.06. The topological polar surface area (TPSA) is 96.0 Å². The first kappa shape index (κ1) is 18.7. The molecule has 8 nitrogen and oxygen atoms in total. The van der Waals surface area contributed by atoms with Crippen LogP contribution in [-0.4, -0.2) is 56.2 Å². The Kier molecular flexibility index (Phi) is 5.47. The molecule has 0 saturated carbocycles. The van der Waals surface area contributed by atoms with Crippen LogP contribution < -0.4 is 10.2 Å². The minimum absolute atomic E-state index is 0.0450. The molecule has 1 unspecified atom stereocenters. The minimum Gasteiger partial charge on any atom is -0.447 e. The summed E-state index contributed by atoms with van der Waals surface area (Å²) in [5.41, 5.74) is 1.15. The van der Waals surface area contributed by atoms with Crippen LogP contribution in [0.2, 0.25) is 0 Å². The smallest absolute Gasteiger partial charge is 0.414 e. The van der Waals surface area contributed by atoms with Crippen molar-refractivity contribution >= 4 is 33.4 Å². The first-order valence-electron chi connectivity index (χ1n) is 8.77. The summed E-state index contributed by atoms with van der Waals surface area (Å²) in [5.74, 6) is -0.299. The fourth-order valence-electron chi connectivity index (χ4n) is 3.32.